The summed E-state index contributed by atoms with van der Waals surface area (Å²) in [4.78, 5) is 13.6. The monoisotopic (exact) mass is 487 g/mol. The van der Waals surface area contributed by atoms with Crippen molar-refractivity contribution in [1.82, 2.24) is 0 Å². The van der Waals surface area contributed by atoms with Gasteiger partial charge >= 0.3 is 0 Å². The van der Waals surface area contributed by atoms with Gasteiger partial charge in [0.05, 0.1) is 6.42 Å². The van der Waals surface area contributed by atoms with E-state index >= 15 is 0 Å². The van der Waals surface area contributed by atoms with Crippen LogP contribution in [0.15, 0.2) is 65.6 Å². The molecule has 0 heterocycles. The van der Waals surface area contributed by atoms with Gasteiger partial charge in [0, 0.05) is 10.6 Å². The second kappa shape index (κ2) is 11.5. The average molecular weight is 488 g/mol. The maximum atomic E-state index is 13.9. The van der Waals surface area contributed by atoms with Crippen LogP contribution in [0.5, 0.6) is 5.75 Å². The lowest BCUT2D eigenvalue weighted by Crippen LogP contribution is -2.29. The first-order valence-electron chi connectivity index (χ1n) is 11.1. The molecule has 0 aromatic heterocycles. The van der Waals surface area contributed by atoms with Crippen LogP contribution >= 0.6 is 11.8 Å². The molecular formula is C27H28F3NO2S. The maximum absolute atomic E-state index is 13.9. The summed E-state index contributed by atoms with van der Waals surface area (Å²) < 4.78 is 46.1. The number of rotatable bonds is 10. The fourth-order valence-corrected chi connectivity index (χ4v) is 4.06. The fourth-order valence-electron chi connectivity index (χ4n) is 3.40. The second-order valence-electron chi connectivity index (χ2n) is 8.53. The minimum atomic E-state index is -1.54. The molecule has 3 nitrogen and oxygen atoms in total. The largest absolute Gasteiger partial charge is 0.485 e. The molecule has 180 valence electrons. The number of hydrogen-bond donors (Lipinski definition) is 1. The highest BCUT2D eigenvalue weighted by Gasteiger charge is 2.24. The van der Waals surface area contributed by atoms with Crippen LogP contribution in [-0.4, -0.2) is 17.3 Å². The average Bonchev–Trinajstić information content (AvgIpc) is 2.80. The minimum absolute atomic E-state index is 0.0910. The van der Waals surface area contributed by atoms with E-state index in [1.54, 1.807) is 25.6 Å². The molecule has 0 radical (unpaired) electrons. The number of ether oxygens (including phenoxy) is 1. The number of carbonyl (C=O) groups is 1. The first-order valence-corrected chi connectivity index (χ1v) is 12.1. The van der Waals surface area contributed by atoms with Gasteiger partial charge < -0.3 is 10.1 Å². The third-order valence-corrected chi connectivity index (χ3v) is 6.13. The molecule has 0 aliphatic heterocycles. The molecule has 0 unspecified atom stereocenters. The Hall–Kier alpha value is -2.93. The lowest BCUT2D eigenvalue weighted by Gasteiger charge is -2.27. The number of aryl methyl sites for hydroxylation is 1. The van der Waals surface area contributed by atoms with E-state index in [0.717, 1.165) is 29.0 Å². The third-order valence-electron chi connectivity index (χ3n) is 5.24. The molecule has 34 heavy (non-hydrogen) atoms. The first kappa shape index (κ1) is 25.7. The van der Waals surface area contributed by atoms with Crippen LogP contribution in [-0.2, 0) is 17.6 Å². The summed E-state index contributed by atoms with van der Waals surface area (Å²) in [7, 11) is 0. The van der Waals surface area contributed by atoms with Gasteiger partial charge in [-0.25, -0.2) is 8.78 Å². The number of anilines is 1. The van der Waals surface area contributed by atoms with Gasteiger partial charge in [0.1, 0.15) is 5.60 Å². The van der Waals surface area contributed by atoms with Gasteiger partial charge in [-0.2, -0.15) is 4.39 Å². The molecule has 0 spiro atoms. The first-order chi connectivity index (χ1) is 16.2. The lowest BCUT2D eigenvalue weighted by molar-refractivity contribution is -0.115. The molecule has 0 aliphatic rings. The number of nitrogens with one attached hydrogen (secondary N) is 1. The molecule has 1 N–H and O–H groups in total. The Labute approximate surface area is 202 Å². The summed E-state index contributed by atoms with van der Waals surface area (Å²) in [5.74, 6) is -3.53. The Kier molecular flexibility index (Phi) is 8.67. The SMILES string of the molecule is CCSc1ccc(CC(=O)Nc2ccc(CCC(C)(C)Oc3ccc(F)c(F)c3F)cc2)cc1. The van der Waals surface area contributed by atoms with Gasteiger partial charge in [-0.1, -0.05) is 31.2 Å². The molecule has 1 amide bonds. The third kappa shape index (κ3) is 7.29. The number of thioether (sulfide) groups is 1. The lowest BCUT2D eigenvalue weighted by atomic mass is 9.98. The Morgan fingerprint density at radius 3 is 2.21 bits per heavy atom. The standard InChI is InChI=1S/C27H28F3NO2S/c1-4-34-21-11-7-19(8-12-21)17-24(32)31-20-9-5-18(6-10-20)15-16-27(2,3)33-23-14-13-22(28)25(29)26(23)30/h5-14H,4,15-17H2,1-3H3,(H,31,32). The highest BCUT2D eigenvalue weighted by molar-refractivity contribution is 7.99. The Balaban J connectivity index is 1.51. The van der Waals surface area contributed by atoms with Crippen molar-refractivity contribution in [3.63, 3.8) is 0 Å². The summed E-state index contributed by atoms with van der Waals surface area (Å²) in [6, 6.07) is 17.4. The van der Waals surface area contributed by atoms with Gasteiger partial charge in [-0.05, 0) is 80.0 Å². The van der Waals surface area contributed by atoms with Crippen molar-refractivity contribution in [3.05, 3.63) is 89.2 Å². The van der Waals surface area contributed by atoms with Crippen LogP contribution < -0.4 is 10.1 Å². The molecule has 3 rings (SSSR count). The molecule has 7 heteroatoms. The van der Waals surface area contributed by atoms with E-state index in [0.29, 0.717) is 24.9 Å². The molecule has 0 fully saturated rings. The minimum Gasteiger partial charge on any atom is -0.485 e. The summed E-state index contributed by atoms with van der Waals surface area (Å²) in [5, 5.41) is 2.90. The van der Waals surface area contributed by atoms with Crippen molar-refractivity contribution < 1.29 is 22.7 Å². The molecule has 0 bridgehead atoms. The van der Waals surface area contributed by atoms with E-state index in [4.69, 9.17) is 4.74 Å². The Morgan fingerprint density at radius 1 is 0.912 bits per heavy atom. The molecule has 0 aliphatic carbocycles. The quantitative estimate of drug-likeness (QED) is 0.243. The zero-order valence-corrected chi connectivity index (χ0v) is 20.3. The highest BCUT2D eigenvalue weighted by Crippen LogP contribution is 2.28. The molecule has 0 saturated heterocycles. The summed E-state index contributed by atoms with van der Waals surface area (Å²) in [6.45, 7) is 5.62. The Morgan fingerprint density at radius 2 is 1.56 bits per heavy atom. The van der Waals surface area contributed by atoms with Crippen LogP contribution in [0.25, 0.3) is 0 Å². The van der Waals surface area contributed by atoms with Crippen molar-refractivity contribution in [2.45, 2.75) is 50.5 Å². The molecular weight excluding hydrogens is 459 g/mol. The van der Waals surface area contributed by atoms with Gasteiger partial charge in [0.15, 0.2) is 17.4 Å². The van der Waals surface area contributed by atoms with Crippen molar-refractivity contribution in [3.8, 4) is 5.75 Å². The molecule has 3 aromatic carbocycles. The van der Waals surface area contributed by atoms with E-state index in [9.17, 15) is 18.0 Å². The topological polar surface area (TPSA) is 38.3 Å². The Bertz CT molecular complexity index is 1120. The van der Waals surface area contributed by atoms with Crippen LogP contribution in [0, 0.1) is 17.5 Å². The highest BCUT2D eigenvalue weighted by atomic mass is 32.2. The van der Waals surface area contributed by atoms with Crippen molar-refractivity contribution in [2.75, 3.05) is 11.1 Å². The van der Waals surface area contributed by atoms with Crippen molar-refractivity contribution in [2.24, 2.45) is 0 Å². The van der Waals surface area contributed by atoms with Crippen LogP contribution in [0.2, 0.25) is 0 Å². The van der Waals surface area contributed by atoms with Crippen LogP contribution in [0.1, 0.15) is 38.3 Å². The second-order valence-corrected chi connectivity index (χ2v) is 9.87. The van der Waals surface area contributed by atoms with E-state index in [1.807, 2.05) is 48.5 Å². The number of halogens is 3. The molecule has 0 saturated carbocycles. The van der Waals surface area contributed by atoms with Gasteiger partial charge in [-0.15, -0.1) is 11.8 Å². The predicted octanol–water partition coefficient (Wildman–Crippen LogP) is 7.19. The van der Waals surface area contributed by atoms with Crippen molar-refractivity contribution in [1.29, 1.82) is 0 Å². The fraction of sp³-hybridized carbons (Fsp3) is 0.296. The zero-order chi connectivity index (χ0) is 24.7. The van der Waals surface area contributed by atoms with Gasteiger partial charge in [0.25, 0.3) is 0 Å². The number of carbonyl (C=O) groups excluding carboxylic acids is 1. The number of amides is 1. The van der Waals surface area contributed by atoms with Crippen molar-refractivity contribution >= 4 is 23.4 Å². The molecule has 0 atom stereocenters. The summed E-state index contributed by atoms with van der Waals surface area (Å²) in [5.41, 5.74) is 1.86. The zero-order valence-electron chi connectivity index (χ0n) is 19.5. The summed E-state index contributed by atoms with van der Waals surface area (Å²) in [6.07, 6.45) is 1.43. The van der Waals surface area contributed by atoms with E-state index in [-0.39, 0.29) is 11.7 Å². The van der Waals surface area contributed by atoms with Crippen LogP contribution in [0.4, 0.5) is 18.9 Å². The maximum Gasteiger partial charge on any atom is 0.228 e. The van der Waals surface area contributed by atoms with E-state index in [2.05, 4.69) is 12.2 Å². The number of benzene rings is 3. The van der Waals surface area contributed by atoms with Gasteiger partial charge in [0.2, 0.25) is 11.7 Å². The van der Waals surface area contributed by atoms with Crippen LogP contribution in [0.3, 0.4) is 0 Å². The normalized spacial score (nSPS) is 11.4. The van der Waals surface area contributed by atoms with Gasteiger partial charge in [-0.3, -0.25) is 4.79 Å². The summed E-state index contributed by atoms with van der Waals surface area (Å²) >= 11 is 1.76. The molecule has 3 aromatic rings. The smallest absolute Gasteiger partial charge is 0.228 e. The van der Waals surface area contributed by atoms with E-state index in [1.165, 1.54) is 4.90 Å². The predicted molar refractivity (Wildman–Crippen MR) is 131 cm³/mol. The van der Waals surface area contributed by atoms with E-state index < -0.39 is 23.1 Å². The number of hydrogen-bond acceptors (Lipinski definition) is 3.